The second-order valence-corrected chi connectivity index (χ2v) is 6.55. The van der Waals surface area contributed by atoms with Crippen molar-refractivity contribution in [1.29, 1.82) is 0 Å². The summed E-state index contributed by atoms with van der Waals surface area (Å²) >= 11 is 0. The first kappa shape index (κ1) is 18.2. The van der Waals surface area contributed by atoms with Crippen molar-refractivity contribution >= 4 is 0 Å². The zero-order valence-electron chi connectivity index (χ0n) is 15.4. The topological polar surface area (TPSA) is 21.3 Å². The fourth-order valence-electron chi connectivity index (χ4n) is 2.96. The van der Waals surface area contributed by atoms with E-state index in [1.54, 1.807) is 19.2 Å². The van der Waals surface area contributed by atoms with Gasteiger partial charge in [0.1, 0.15) is 11.6 Å². The SMILES string of the molecule is COc1ccc(CNC(C)c2ccc(C)cc2)cc1-c1ccc(F)cc1. The van der Waals surface area contributed by atoms with Crippen LogP contribution in [0.2, 0.25) is 0 Å². The van der Waals surface area contributed by atoms with E-state index < -0.39 is 0 Å². The molecule has 134 valence electrons. The highest BCUT2D eigenvalue weighted by Gasteiger charge is 2.09. The number of methoxy groups -OCH3 is 1. The molecule has 0 aromatic heterocycles. The average molecular weight is 349 g/mol. The molecular weight excluding hydrogens is 325 g/mol. The van der Waals surface area contributed by atoms with Crippen molar-refractivity contribution in [3.63, 3.8) is 0 Å². The number of rotatable bonds is 6. The highest BCUT2D eigenvalue weighted by atomic mass is 19.1. The number of ether oxygens (including phenoxy) is 1. The lowest BCUT2D eigenvalue weighted by atomic mass is 10.0. The van der Waals surface area contributed by atoms with Crippen molar-refractivity contribution in [2.24, 2.45) is 0 Å². The van der Waals surface area contributed by atoms with E-state index in [1.165, 1.54) is 23.3 Å². The minimum atomic E-state index is -0.238. The Morgan fingerprint density at radius 3 is 2.31 bits per heavy atom. The van der Waals surface area contributed by atoms with Gasteiger partial charge in [-0.3, -0.25) is 0 Å². The lowest BCUT2D eigenvalue weighted by Gasteiger charge is -2.16. The highest BCUT2D eigenvalue weighted by Crippen LogP contribution is 2.31. The summed E-state index contributed by atoms with van der Waals surface area (Å²) in [5.74, 6) is 0.546. The third-order valence-corrected chi connectivity index (χ3v) is 4.61. The minimum absolute atomic E-state index is 0.238. The fourth-order valence-corrected chi connectivity index (χ4v) is 2.96. The van der Waals surface area contributed by atoms with Gasteiger partial charge in [-0.25, -0.2) is 4.39 Å². The van der Waals surface area contributed by atoms with Gasteiger partial charge in [0.2, 0.25) is 0 Å². The first-order valence-electron chi connectivity index (χ1n) is 8.79. The quantitative estimate of drug-likeness (QED) is 0.620. The number of halogens is 1. The number of hydrogen-bond acceptors (Lipinski definition) is 2. The summed E-state index contributed by atoms with van der Waals surface area (Å²) in [6.45, 7) is 5.00. The first-order valence-corrected chi connectivity index (χ1v) is 8.79. The number of nitrogens with one attached hydrogen (secondary N) is 1. The Labute approximate surface area is 154 Å². The van der Waals surface area contributed by atoms with Crippen LogP contribution in [0.4, 0.5) is 4.39 Å². The van der Waals surface area contributed by atoms with Gasteiger partial charge in [0.05, 0.1) is 7.11 Å². The summed E-state index contributed by atoms with van der Waals surface area (Å²) < 4.78 is 18.7. The molecule has 1 N–H and O–H groups in total. The Balaban J connectivity index is 1.77. The van der Waals surface area contributed by atoms with Crippen LogP contribution in [0.25, 0.3) is 11.1 Å². The van der Waals surface area contributed by atoms with Gasteiger partial charge in [0, 0.05) is 18.2 Å². The van der Waals surface area contributed by atoms with Crippen LogP contribution in [0, 0.1) is 12.7 Å². The van der Waals surface area contributed by atoms with Crippen molar-refractivity contribution in [2.75, 3.05) is 7.11 Å². The molecule has 0 heterocycles. The molecule has 0 aliphatic carbocycles. The van der Waals surface area contributed by atoms with Crippen molar-refractivity contribution in [2.45, 2.75) is 26.4 Å². The Kier molecular flexibility index (Phi) is 5.69. The van der Waals surface area contributed by atoms with Crippen LogP contribution >= 0.6 is 0 Å². The van der Waals surface area contributed by atoms with Crippen LogP contribution in [0.3, 0.4) is 0 Å². The van der Waals surface area contributed by atoms with E-state index in [-0.39, 0.29) is 11.9 Å². The molecule has 3 heteroatoms. The van der Waals surface area contributed by atoms with Crippen molar-refractivity contribution in [3.05, 3.63) is 89.2 Å². The summed E-state index contributed by atoms with van der Waals surface area (Å²) in [6, 6.07) is 21.5. The molecule has 0 aliphatic heterocycles. The smallest absolute Gasteiger partial charge is 0.126 e. The van der Waals surface area contributed by atoms with Gasteiger partial charge in [0.25, 0.3) is 0 Å². The Morgan fingerprint density at radius 1 is 0.962 bits per heavy atom. The summed E-state index contributed by atoms with van der Waals surface area (Å²) in [5.41, 5.74) is 5.60. The molecule has 0 radical (unpaired) electrons. The molecule has 0 saturated carbocycles. The molecule has 26 heavy (non-hydrogen) atoms. The molecule has 3 aromatic carbocycles. The summed E-state index contributed by atoms with van der Waals surface area (Å²) in [7, 11) is 1.65. The van der Waals surface area contributed by atoms with Crippen molar-refractivity contribution < 1.29 is 9.13 Å². The summed E-state index contributed by atoms with van der Waals surface area (Å²) in [4.78, 5) is 0. The molecule has 2 nitrogen and oxygen atoms in total. The van der Waals surface area contributed by atoms with E-state index in [9.17, 15) is 4.39 Å². The van der Waals surface area contributed by atoms with Crippen molar-refractivity contribution in [1.82, 2.24) is 5.32 Å². The lowest BCUT2D eigenvalue weighted by Crippen LogP contribution is -2.18. The molecule has 0 amide bonds. The van der Waals surface area contributed by atoms with E-state index in [0.29, 0.717) is 0 Å². The number of aryl methyl sites for hydroxylation is 1. The van der Waals surface area contributed by atoms with Gasteiger partial charge in [-0.05, 0) is 54.8 Å². The maximum Gasteiger partial charge on any atom is 0.126 e. The number of hydrogen-bond donors (Lipinski definition) is 1. The summed E-state index contributed by atoms with van der Waals surface area (Å²) in [5, 5.41) is 3.56. The maximum atomic E-state index is 13.2. The van der Waals surface area contributed by atoms with Gasteiger partial charge in [-0.2, -0.15) is 0 Å². The van der Waals surface area contributed by atoms with Crippen LogP contribution in [0.1, 0.15) is 29.7 Å². The van der Waals surface area contributed by atoms with E-state index in [0.717, 1.165) is 29.0 Å². The predicted octanol–water partition coefficient (Wildman–Crippen LogP) is 5.66. The fraction of sp³-hybridized carbons (Fsp3) is 0.217. The largest absolute Gasteiger partial charge is 0.496 e. The van der Waals surface area contributed by atoms with Crippen LogP contribution in [-0.2, 0) is 6.54 Å². The summed E-state index contributed by atoms with van der Waals surface area (Å²) in [6.07, 6.45) is 0. The molecule has 0 aliphatic rings. The van der Waals surface area contributed by atoms with Crippen LogP contribution in [-0.4, -0.2) is 7.11 Å². The molecule has 0 spiro atoms. The second-order valence-electron chi connectivity index (χ2n) is 6.55. The van der Waals surface area contributed by atoms with Gasteiger partial charge >= 0.3 is 0 Å². The normalized spacial score (nSPS) is 12.0. The number of benzene rings is 3. The highest BCUT2D eigenvalue weighted by molar-refractivity contribution is 5.71. The van der Waals surface area contributed by atoms with Gasteiger partial charge in [-0.15, -0.1) is 0 Å². The first-order chi connectivity index (χ1) is 12.6. The molecular formula is C23H24FNO. The minimum Gasteiger partial charge on any atom is -0.496 e. The van der Waals surface area contributed by atoms with E-state index >= 15 is 0 Å². The van der Waals surface area contributed by atoms with Gasteiger partial charge < -0.3 is 10.1 Å². The van der Waals surface area contributed by atoms with E-state index in [1.807, 2.05) is 6.07 Å². The molecule has 3 rings (SSSR count). The molecule has 1 unspecified atom stereocenters. The van der Waals surface area contributed by atoms with E-state index in [4.69, 9.17) is 4.74 Å². The van der Waals surface area contributed by atoms with Crippen LogP contribution in [0.5, 0.6) is 5.75 Å². The molecule has 0 saturated heterocycles. The molecule has 0 fully saturated rings. The van der Waals surface area contributed by atoms with Crippen LogP contribution in [0.15, 0.2) is 66.7 Å². The lowest BCUT2D eigenvalue weighted by molar-refractivity contribution is 0.416. The van der Waals surface area contributed by atoms with Crippen molar-refractivity contribution in [3.8, 4) is 16.9 Å². The average Bonchev–Trinajstić information content (AvgIpc) is 2.67. The zero-order chi connectivity index (χ0) is 18.5. The second kappa shape index (κ2) is 8.15. The molecule has 3 aromatic rings. The standard InChI is InChI=1S/C23H24FNO/c1-16-4-7-19(8-5-16)17(2)25-15-18-6-13-23(26-3)22(14-18)20-9-11-21(24)12-10-20/h4-14,17,25H,15H2,1-3H3. The predicted molar refractivity (Wildman–Crippen MR) is 105 cm³/mol. The Hall–Kier alpha value is -2.65. The van der Waals surface area contributed by atoms with Gasteiger partial charge in [-0.1, -0.05) is 48.0 Å². The Bertz CT molecular complexity index is 856. The third-order valence-electron chi connectivity index (χ3n) is 4.61. The van der Waals surface area contributed by atoms with Gasteiger partial charge in [0.15, 0.2) is 0 Å². The third kappa shape index (κ3) is 4.30. The molecule has 1 atom stereocenters. The zero-order valence-corrected chi connectivity index (χ0v) is 15.4. The molecule has 0 bridgehead atoms. The monoisotopic (exact) mass is 349 g/mol. The Morgan fingerprint density at radius 2 is 1.65 bits per heavy atom. The van der Waals surface area contributed by atoms with Crippen LogP contribution < -0.4 is 10.1 Å². The maximum absolute atomic E-state index is 13.2. The van der Waals surface area contributed by atoms with E-state index in [2.05, 4.69) is 55.6 Å².